The predicted octanol–water partition coefficient (Wildman–Crippen LogP) is 1.97. The van der Waals surface area contributed by atoms with Crippen molar-refractivity contribution in [3.05, 3.63) is 29.8 Å². The Kier molecular flexibility index (Phi) is 5.41. The molecule has 0 atom stereocenters. The number of benzene rings is 1. The van der Waals surface area contributed by atoms with Crippen LogP contribution in [0, 0.1) is 0 Å². The first-order chi connectivity index (χ1) is 9.66. The summed E-state index contributed by atoms with van der Waals surface area (Å²) in [5.74, 6) is 0.0112. The number of nitrogens with zero attached hydrogens (tertiary/aromatic N) is 2. The molecule has 1 aromatic rings. The molecule has 0 aromatic heterocycles. The molecule has 1 N–H and O–H groups in total. The van der Waals surface area contributed by atoms with E-state index in [1.54, 1.807) is 0 Å². The number of hydrogen-bond donors (Lipinski definition) is 1. The first kappa shape index (κ1) is 14.9. The highest BCUT2D eigenvalue weighted by molar-refractivity contribution is 5.94. The van der Waals surface area contributed by atoms with Crippen LogP contribution in [-0.4, -0.2) is 51.1 Å². The average molecular weight is 275 g/mol. The van der Waals surface area contributed by atoms with Crippen LogP contribution < -0.4 is 10.2 Å². The molecule has 1 aliphatic rings. The zero-order chi connectivity index (χ0) is 14.4. The highest BCUT2D eigenvalue weighted by Gasteiger charge is 2.11. The Bertz CT molecular complexity index is 422. The first-order valence-corrected chi connectivity index (χ1v) is 7.45. The van der Waals surface area contributed by atoms with Crippen LogP contribution >= 0.6 is 0 Å². The number of carbonyl (C=O) groups is 1. The zero-order valence-corrected chi connectivity index (χ0v) is 12.6. The molecule has 0 saturated carbocycles. The molecule has 4 heteroatoms. The normalized spacial score (nSPS) is 15.4. The van der Waals surface area contributed by atoms with E-state index in [1.807, 2.05) is 26.2 Å². The maximum atomic E-state index is 12.0. The number of rotatable bonds is 5. The van der Waals surface area contributed by atoms with Crippen molar-refractivity contribution in [3.63, 3.8) is 0 Å². The van der Waals surface area contributed by atoms with E-state index in [4.69, 9.17) is 0 Å². The minimum absolute atomic E-state index is 0.0112. The van der Waals surface area contributed by atoms with E-state index in [0.29, 0.717) is 6.54 Å². The smallest absolute Gasteiger partial charge is 0.251 e. The van der Waals surface area contributed by atoms with E-state index in [0.717, 1.165) is 25.2 Å². The lowest BCUT2D eigenvalue weighted by molar-refractivity contribution is 0.0951. The average Bonchev–Trinajstić information content (AvgIpc) is 2.48. The highest BCUT2D eigenvalue weighted by atomic mass is 16.1. The minimum Gasteiger partial charge on any atom is -0.372 e. The van der Waals surface area contributed by atoms with Gasteiger partial charge in [0.25, 0.3) is 5.91 Å². The number of anilines is 1. The van der Waals surface area contributed by atoms with Crippen molar-refractivity contribution >= 4 is 11.6 Å². The van der Waals surface area contributed by atoms with Gasteiger partial charge in [-0.05, 0) is 57.6 Å². The molecule has 1 aliphatic heterocycles. The van der Waals surface area contributed by atoms with Crippen LogP contribution in [0.1, 0.15) is 29.6 Å². The molecule has 1 saturated heterocycles. The van der Waals surface area contributed by atoms with E-state index >= 15 is 0 Å². The van der Waals surface area contributed by atoms with Gasteiger partial charge >= 0.3 is 0 Å². The molecule has 1 amide bonds. The van der Waals surface area contributed by atoms with Crippen LogP contribution in [-0.2, 0) is 0 Å². The molecule has 4 nitrogen and oxygen atoms in total. The third-order valence-electron chi connectivity index (χ3n) is 3.70. The zero-order valence-electron chi connectivity index (χ0n) is 12.6. The fraction of sp³-hybridized carbons (Fsp3) is 0.562. The summed E-state index contributed by atoms with van der Waals surface area (Å²) < 4.78 is 0. The molecule has 1 aromatic carbocycles. The summed E-state index contributed by atoms with van der Waals surface area (Å²) in [6, 6.07) is 7.97. The van der Waals surface area contributed by atoms with Crippen molar-refractivity contribution in [2.24, 2.45) is 0 Å². The van der Waals surface area contributed by atoms with Crippen LogP contribution in [0.25, 0.3) is 0 Å². The summed E-state index contributed by atoms with van der Waals surface area (Å²) in [6.45, 7) is 3.81. The Hall–Kier alpha value is -1.55. The molecule has 0 bridgehead atoms. The molecule has 0 spiro atoms. The number of nitrogens with one attached hydrogen (secondary N) is 1. The lowest BCUT2D eigenvalue weighted by Crippen LogP contribution is -2.31. The van der Waals surface area contributed by atoms with E-state index in [9.17, 15) is 4.79 Å². The molecule has 20 heavy (non-hydrogen) atoms. The van der Waals surface area contributed by atoms with Gasteiger partial charge in [-0.15, -0.1) is 0 Å². The van der Waals surface area contributed by atoms with Crippen molar-refractivity contribution in [3.8, 4) is 0 Å². The predicted molar refractivity (Wildman–Crippen MR) is 83.4 cm³/mol. The van der Waals surface area contributed by atoms with Crippen molar-refractivity contribution in [2.75, 3.05) is 45.2 Å². The quantitative estimate of drug-likeness (QED) is 0.892. The topological polar surface area (TPSA) is 35.6 Å². The van der Waals surface area contributed by atoms with Crippen molar-refractivity contribution in [1.82, 2.24) is 10.2 Å². The van der Waals surface area contributed by atoms with Gasteiger partial charge < -0.3 is 15.1 Å². The molecule has 1 fully saturated rings. The Morgan fingerprint density at radius 3 is 2.40 bits per heavy atom. The van der Waals surface area contributed by atoms with Gasteiger partial charge in [0.15, 0.2) is 0 Å². The maximum Gasteiger partial charge on any atom is 0.251 e. The van der Waals surface area contributed by atoms with Gasteiger partial charge in [-0.1, -0.05) is 0 Å². The van der Waals surface area contributed by atoms with Crippen LogP contribution in [0.5, 0.6) is 0 Å². The number of likely N-dealkylation sites (N-methyl/N-ethyl adjacent to an activating group) is 1. The van der Waals surface area contributed by atoms with Crippen LogP contribution in [0.15, 0.2) is 24.3 Å². The standard InChI is InChI=1S/C16H25N3O/c1-18(2)13-10-17-16(20)14-6-8-15(9-7-14)19-11-4-3-5-12-19/h6-9H,3-5,10-13H2,1-2H3,(H,17,20). The van der Waals surface area contributed by atoms with Gasteiger partial charge in [0, 0.05) is 37.4 Å². The summed E-state index contributed by atoms with van der Waals surface area (Å²) >= 11 is 0. The Labute approximate surface area is 121 Å². The molecule has 110 valence electrons. The number of hydrogen-bond acceptors (Lipinski definition) is 3. The van der Waals surface area contributed by atoms with E-state index in [1.165, 1.54) is 24.9 Å². The summed E-state index contributed by atoms with van der Waals surface area (Å²) in [4.78, 5) is 16.4. The second kappa shape index (κ2) is 7.29. The molecule has 1 heterocycles. The third kappa shape index (κ3) is 4.23. The lowest BCUT2D eigenvalue weighted by Gasteiger charge is -2.28. The summed E-state index contributed by atoms with van der Waals surface area (Å²) in [7, 11) is 4.00. The SMILES string of the molecule is CN(C)CCNC(=O)c1ccc(N2CCCCC2)cc1. The fourth-order valence-corrected chi connectivity index (χ4v) is 2.47. The summed E-state index contributed by atoms with van der Waals surface area (Å²) in [5, 5.41) is 2.94. The third-order valence-corrected chi connectivity index (χ3v) is 3.70. The largest absolute Gasteiger partial charge is 0.372 e. The Morgan fingerprint density at radius 1 is 1.15 bits per heavy atom. The Morgan fingerprint density at radius 2 is 1.80 bits per heavy atom. The molecule has 0 unspecified atom stereocenters. The molecular weight excluding hydrogens is 250 g/mol. The van der Waals surface area contributed by atoms with Crippen LogP contribution in [0.3, 0.4) is 0 Å². The van der Waals surface area contributed by atoms with Crippen LogP contribution in [0.4, 0.5) is 5.69 Å². The van der Waals surface area contributed by atoms with E-state index in [-0.39, 0.29) is 5.91 Å². The van der Waals surface area contributed by atoms with Crippen molar-refractivity contribution < 1.29 is 4.79 Å². The number of piperidine rings is 1. The van der Waals surface area contributed by atoms with E-state index in [2.05, 4.69) is 27.2 Å². The number of amides is 1. The van der Waals surface area contributed by atoms with Crippen LogP contribution in [0.2, 0.25) is 0 Å². The van der Waals surface area contributed by atoms with Gasteiger partial charge in [-0.3, -0.25) is 4.79 Å². The van der Waals surface area contributed by atoms with E-state index < -0.39 is 0 Å². The van der Waals surface area contributed by atoms with Crippen molar-refractivity contribution in [2.45, 2.75) is 19.3 Å². The Balaban J connectivity index is 1.88. The maximum absolute atomic E-state index is 12.0. The minimum atomic E-state index is 0.0112. The fourth-order valence-electron chi connectivity index (χ4n) is 2.47. The van der Waals surface area contributed by atoms with Gasteiger partial charge in [0.1, 0.15) is 0 Å². The van der Waals surface area contributed by atoms with Gasteiger partial charge in [0.2, 0.25) is 0 Å². The van der Waals surface area contributed by atoms with Gasteiger partial charge in [-0.2, -0.15) is 0 Å². The molecule has 0 aliphatic carbocycles. The second-order valence-electron chi connectivity index (χ2n) is 5.65. The van der Waals surface area contributed by atoms with Gasteiger partial charge in [-0.25, -0.2) is 0 Å². The summed E-state index contributed by atoms with van der Waals surface area (Å²) in [5.41, 5.74) is 1.97. The molecule has 2 rings (SSSR count). The number of carbonyl (C=O) groups excluding carboxylic acids is 1. The molecule has 0 radical (unpaired) electrons. The summed E-state index contributed by atoms with van der Waals surface area (Å²) in [6.07, 6.45) is 3.88. The highest BCUT2D eigenvalue weighted by Crippen LogP contribution is 2.20. The van der Waals surface area contributed by atoms with Gasteiger partial charge in [0.05, 0.1) is 0 Å². The molecular formula is C16H25N3O. The lowest BCUT2D eigenvalue weighted by atomic mass is 10.1. The second-order valence-corrected chi connectivity index (χ2v) is 5.65. The monoisotopic (exact) mass is 275 g/mol. The first-order valence-electron chi connectivity index (χ1n) is 7.45. The van der Waals surface area contributed by atoms with Crippen molar-refractivity contribution in [1.29, 1.82) is 0 Å².